The molecule has 1 saturated carbocycles. The molecule has 1 fully saturated rings. The highest BCUT2D eigenvalue weighted by Crippen LogP contribution is 2.26. The third-order valence-corrected chi connectivity index (χ3v) is 3.85. The zero-order chi connectivity index (χ0) is 13.0. The Labute approximate surface area is 114 Å². The van der Waals surface area contributed by atoms with Gasteiger partial charge in [0.05, 0.1) is 5.69 Å². The molecule has 0 spiro atoms. The number of aromatic nitrogens is 1. The molecule has 98 valence electrons. The highest BCUT2D eigenvalue weighted by atomic mass is 32.1. The van der Waals surface area contributed by atoms with Crippen molar-refractivity contribution in [3.63, 3.8) is 0 Å². The van der Waals surface area contributed by atoms with Gasteiger partial charge >= 0.3 is 0 Å². The highest BCUT2D eigenvalue weighted by molar-refractivity contribution is 7.80. The van der Waals surface area contributed by atoms with Crippen LogP contribution < -0.4 is 10.6 Å². The quantitative estimate of drug-likeness (QED) is 0.848. The summed E-state index contributed by atoms with van der Waals surface area (Å²) in [4.78, 5) is 7.34. The molecule has 1 heterocycles. The van der Waals surface area contributed by atoms with E-state index < -0.39 is 0 Å². The lowest BCUT2D eigenvalue weighted by atomic mass is 9.94. The molecule has 3 nitrogen and oxygen atoms in total. The van der Waals surface area contributed by atoms with Gasteiger partial charge in [0.25, 0.3) is 0 Å². The van der Waals surface area contributed by atoms with Crippen LogP contribution in [0.5, 0.6) is 0 Å². The van der Waals surface area contributed by atoms with Gasteiger partial charge < -0.3 is 10.6 Å². The zero-order valence-corrected chi connectivity index (χ0v) is 11.7. The van der Waals surface area contributed by atoms with Crippen molar-refractivity contribution in [2.24, 2.45) is 5.73 Å². The van der Waals surface area contributed by atoms with Crippen LogP contribution in [0, 0.1) is 0 Å². The first-order chi connectivity index (χ1) is 8.72. The minimum Gasteiger partial charge on any atom is -0.388 e. The van der Waals surface area contributed by atoms with Crippen LogP contribution in [0.3, 0.4) is 0 Å². The van der Waals surface area contributed by atoms with Crippen LogP contribution in [0.15, 0.2) is 18.2 Å². The predicted molar refractivity (Wildman–Crippen MR) is 80.0 cm³/mol. The minimum atomic E-state index is 0.372. The van der Waals surface area contributed by atoms with Crippen LogP contribution in [0.25, 0.3) is 0 Å². The van der Waals surface area contributed by atoms with Crippen molar-refractivity contribution in [3.8, 4) is 0 Å². The smallest absolute Gasteiger partial charge is 0.129 e. The third kappa shape index (κ3) is 2.99. The Morgan fingerprint density at radius 3 is 2.72 bits per heavy atom. The Bertz CT molecular complexity index is 413. The summed E-state index contributed by atoms with van der Waals surface area (Å²) < 4.78 is 0. The summed E-state index contributed by atoms with van der Waals surface area (Å²) in [5.74, 6) is 1.01. The number of anilines is 1. The number of rotatable bonds is 4. The van der Waals surface area contributed by atoms with Gasteiger partial charge in [0.1, 0.15) is 10.8 Å². The molecule has 1 aliphatic carbocycles. The number of hydrogen-bond acceptors (Lipinski definition) is 3. The molecule has 4 heteroatoms. The topological polar surface area (TPSA) is 42.1 Å². The van der Waals surface area contributed by atoms with Gasteiger partial charge in [-0.05, 0) is 31.9 Å². The van der Waals surface area contributed by atoms with Crippen LogP contribution in [-0.2, 0) is 0 Å². The van der Waals surface area contributed by atoms with Crippen molar-refractivity contribution in [3.05, 3.63) is 23.9 Å². The fourth-order valence-corrected chi connectivity index (χ4v) is 2.83. The van der Waals surface area contributed by atoms with Crippen LogP contribution in [-0.4, -0.2) is 22.6 Å². The van der Waals surface area contributed by atoms with Crippen molar-refractivity contribution < 1.29 is 0 Å². The number of pyridine rings is 1. The van der Waals surface area contributed by atoms with E-state index in [-0.39, 0.29) is 0 Å². The summed E-state index contributed by atoms with van der Waals surface area (Å²) in [5.41, 5.74) is 6.37. The maximum Gasteiger partial charge on any atom is 0.129 e. The molecule has 0 saturated heterocycles. The Hall–Kier alpha value is -1.16. The Morgan fingerprint density at radius 2 is 2.11 bits per heavy atom. The molecule has 1 aromatic heterocycles. The van der Waals surface area contributed by atoms with Gasteiger partial charge in [-0.15, -0.1) is 0 Å². The maximum absolute atomic E-state index is 5.65. The lowest BCUT2D eigenvalue weighted by Gasteiger charge is -2.34. The summed E-state index contributed by atoms with van der Waals surface area (Å²) in [5, 5.41) is 0. The van der Waals surface area contributed by atoms with Gasteiger partial charge in [-0.3, -0.25) is 0 Å². The number of nitrogens with two attached hydrogens (primary N) is 1. The maximum atomic E-state index is 5.65. The fourth-order valence-electron chi connectivity index (χ4n) is 2.72. The molecule has 0 radical (unpaired) electrons. The van der Waals surface area contributed by atoms with Crippen LogP contribution in [0.2, 0.25) is 0 Å². The first-order valence-electron chi connectivity index (χ1n) is 6.76. The van der Waals surface area contributed by atoms with E-state index in [1.54, 1.807) is 0 Å². The van der Waals surface area contributed by atoms with E-state index in [1.165, 1.54) is 32.1 Å². The van der Waals surface area contributed by atoms with Crippen LogP contribution in [0.4, 0.5) is 5.82 Å². The molecule has 0 atom stereocenters. The second-order valence-corrected chi connectivity index (χ2v) is 5.26. The third-order valence-electron chi connectivity index (χ3n) is 3.64. The molecular weight excluding hydrogens is 242 g/mol. The molecule has 2 N–H and O–H groups in total. The summed E-state index contributed by atoms with van der Waals surface area (Å²) in [6.07, 6.45) is 6.57. The lowest BCUT2D eigenvalue weighted by Crippen LogP contribution is -2.37. The van der Waals surface area contributed by atoms with Crippen molar-refractivity contribution in [2.75, 3.05) is 11.4 Å². The van der Waals surface area contributed by atoms with E-state index in [9.17, 15) is 0 Å². The first-order valence-corrected chi connectivity index (χ1v) is 7.16. The lowest BCUT2D eigenvalue weighted by molar-refractivity contribution is 0.416. The molecule has 0 bridgehead atoms. The van der Waals surface area contributed by atoms with Gasteiger partial charge in [0.15, 0.2) is 0 Å². The molecule has 0 aromatic carbocycles. The van der Waals surface area contributed by atoms with E-state index in [0.29, 0.717) is 11.0 Å². The number of nitrogens with zero attached hydrogens (tertiary/aromatic N) is 2. The SMILES string of the molecule is CCN(c1cccc(C(N)=S)n1)C1CCCCC1. The summed E-state index contributed by atoms with van der Waals surface area (Å²) in [6.45, 7) is 3.17. The average molecular weight is 263 g/mol. The molecule has 0 unspecified atom stereocenters. The van der Waals surface area contributed by atoms with Crippen molar-refractivity contribution in [1.29, 1.82) is 0 Å². The molecule has 2 rings (SSSR count). The van der Waals surface area contributed by atoms with Gasteiger partial charge in [-0.2, -0.15) is 0 Å². The van der Waals surface area contributed by atoms with E-state index >= 15 is 0 Å². The van der Waals surface area contributed by atoms with E-state index in [4.69, 9.17) is 18.0 Å². The van der Waals surface area contributed by atoms with Crippen molar-refractivity contribution in [2.45, 2.75) is 45.1 Å². The number of hydrogen-bond donors (Lipinski definition) is 1. The van der Waals surface area contributed by atoms with Gasteiger partial charge in [-0.25, -0.2) is 4.98 Å². The largest absolute Gasteiger partial charge is 0.388 e. The standard InChI is InChI=1S/C14H21N3S/c1-2-17(11-7-4-3-5-8-11)13-10-6-9-12(16-13)14(15)18/h6,9-11H,2-5,7-8H2,1H3,(H2,15,18). The monoisotopic (exact) mass is 263 g/mol. The Morgan fingerprint density at radius 1 is 1.39 bits per heavy atom. The normalized spacial score (nSPS) is 16.5. The predicted octanol–water partition coefficient (Wildman–Crippen LogP) is 2.87. The molecule has 18 heavy (non-hydrogen) atoms. The molecule has 1 aromatic rings. The average Bonchev–Trinajstić information content (AvgIpc) is 2.41. The van der Waals surface area contributed by atoms with Crippen LogP contribution >= 0.6 is 12.2 Å². The Balaban J connectivity index is 2.20. The van der Waals surface area contributed by atoms with Gasteiger partial charge in [0, 0.05) is 12.6 Å². The van der Waals surface area contributed by atoms with E-state index in [1.807, 2.05) is 12.1 Å². The molecule has 0 aliphatic heterocycles. The minimum absolute atomic E-state index is 0.372. The molecule has 1 aliphatic rings. The molecule has 0 amide bonds. The molecular formula is C14H21N3S. The van der Waals surface area contributed by atoms with Gasteiger partial charge in [0.2, 0.25) is 0 Å². The van der Waals surface area contributed by atoms with E-state index in [2.05, 4.69) is 22.9 Å². The first kappa shape index (κ1) is 13.3. The fraction of sp³-hybridized carbons (Fsp3) is 0.571. The second-order valence-electron chi connectivity index (χ2n) is 4.82. The Kier molecular flexibility index (Phi) is 4.53. The van der Waals surface area contributed by atoms with Crippen molar-refractivity contribution >= 4 is 23.0 Å². The zero-order valence-electron chi connectivity index (χ0n) is 10.9. The highest BCUT2D eigenvalue weighted by Gasteiger charge is 2.21. The summed E-state index contributed by atoms with van der Waals surface area (Å²) >= 11 is 5.00. The van der Waals surface area contributed by atoms with Crippen LogP contribution in [0.1, 0.15) is 44.7 Å². The summed E-state index contributed by atoms with van der Waals surface area (Å²) in [6, 6.07) is 6.54. The number of thiocarbonyl (C=S) groups is 1. The van der Waals surface area contributed by atoms with E-state index in [0.717, 1.165) is 18.1 Å². The summed E-state index contributed by atoms with van der Waals surface area (Å²) in [7, 11) is 0. The second kappa shape index (κ2) is 6.14. The van der Waals surface area contributed by atoms with Gasteiger partial charge in [-0.1, -0.05) is 37.5 Å². The van der Waals surface area contributed by atoms with Crippen molar-refractivity contribution in [1.82, 2.24) is 4.98 Å².